The van der Waals surface area contributed by atoms with Crippen LogP contribution in [0.15, 0.2) is 47.1 Å². The number of carbonyl (C=O) groups is 1. The molecule has 0 saturated carbocycles. The van der Waals surface area contributed by atoms with E-state index in [0.29, 0.717) is 32.7 Å². The maximum Gasteiger partial charge on any atom is 0.363 e. The van der Waals surface area contributed by atoms with Crippen molar-refractivity contribution in [3.63, 3.8) is 0 Å². The van der Waals surface area contributed by atoms with Crippen molar-refractivity contribution in [3.05, 3.63) is 63.3 Å². The first-order chi connectivity index (χ1) is 12.0. The summed E-state index contributed by atoms with van der Waals surface area (Å²) in [7, 11) is 3.07. The number of hydrogen-bond donors (Lipinski definition) is 0. The summed E-state index contributed by atoms with van der Waals surface area (Å²) in [6.45, 7) is 0. The van der Waals surface area contributed by atoms with Crippen molar-refractivity contribution in [2.75, 3.05) is 14.2 Å². The number of aliphatic imine (C=N–C) groups is 1. The van der Waals surface area contributed by atoms with Crippen LogP contribution in [0.2, 0.25) is 10.0 Å². The maximum absolute atomic E-state index is 12.1. The zero-order valence-electron chi connectivity index (χ0n) is 13.4. The number of carbonyl (C=O) groups excluding carboxylic acids is 1. The first kappa shape index (κ1) is 17.3. The number of cyclic esters (lactones) is 1. The van der Waals surface area contributed by atoms with E-state index in [1.165, 1.54) is 7.11 Å². The molecule has 1 aliphatic heterocycles. The Labute approximate surface area is 154 Å². The summed E-state index contributed by atoms with van der Waals surface area (Å²) in [6.07, 6.45) is 1.58. The molecular weight excluding hydrogens is 365 g/mol. The third-order valence-corrected chi connectivity index (χ3v) is 4.24. The molecule has 2 aromatic carbocycles. The van der Waals surface area contributed by atoms with Gasteiger partial charge in [0.2, 0.25) is 5.90 Å². The quantitative estimate of drug-likeness (QED) is 0.586. The minimum atomic E-state index is -0.546. The Hall–Kier alpha value is -2.50. The van der Waals surface area contributed by atoms with Crippen LogP contribution in [-0.4, -0.2) is 26.1 Å². The number of rotatable bonds is 4. The predicted octanol–water partition coefficient (Wildman–Crippen LogP) is 4.36. The third-order valence-electron chi connectivity index (χ3n) is 3.50. The van der Waals surface area contributed by atoms with E-state index in [1.54, 1.807) is 49.6 Å². The number of ether oxygens (including phenoxy) is 3. The van der Waals surface area contributed by atoms with Gasteiger partial charge in [0, 0.05) is 5.56 Å². The Morgan fingerprint density at radius 2 is 1.76 bits per heavy atom. The average Bonchev–Trinajstić information content (AvgIpc) is 2.98. The van der Waals surface area contributed by atoms with E-state index in [2.05, 4.69) is 4.99 Å². The molecule has 0 bridgehead atoms. The first-order valence-electron chi connectivity index (χ1n) is 7.22. The van der Waals surface area contributed by atoms with Crippen LogP contribution in [0.1, 0.15) is 11.1 Å². The van der Waals surface area contributed by atoms with E-state index >= 15 is 0 Å². The number of halogens is 2. The van der Waals surface area contributed by atoms with E-state index in [9.17, 15) is 4.79 Å². The fourth-order valence-corrected chi connectivity index (χ4v) is 2.57. The van der Waals surface area contributed by atoms with Gasteiger partial charge >= 0.3 is 5.97 Å². The Balaban J connectivity index is 1.94. The second-order valence-electron chi connectivity index (χ2n) is 5.08. The van der Waals surface area contributed by atoms with E-state index < -0.39 is 5.97 Å². The fourth-order valence-electron chi connectivity index (χ4n) is 2.26. The van der Waals surface area contributed by atoms with Crippen molar-refractivity contribution >= 4 is 41.1 Å². The van der Waals surface area contributed by atoms with Crippen LogP contribution in [0.3, 0.4) is 0 Å². The molecule has 1 heterocycles. The van der Waals surface area contributed by atoms with Crippen LogP contribution < -0.4 is 9.47 Å². The minimum absolute atomic E-state index is 0.170. The average molecular weight is 378 g/mol. The van der Waals surface area contributed by atoms with Crippen LogP contribution in [0.5, 0.6) is 11.5 Å². The van der Waals surface area contributed by atoms with Crippen LogP contribution in [0, 0.1) is 0 Å². The number of nitrogens with zero attached hydrogens (tertiary/aromatic N) is 1. The molecule has 25 heavy (non-hydrogen) atoms. The lowest BCUT2D eigenvalue weighted by Gasteiger charge is -2.08. The van der Waals surface area contributed by atoms with Gasteiger partial charge in [0.1, 0.15) is 0 Å². The molecule has 0 radical (unpaired) electrons. The Morgan fingerprint density at radius 1 is 1.00 bits per heavy atom. The molecule has 3 rings (SSSR count). The highest BCUT2D eigenvalue weighted by Gasteiger charge is 2.25. The fraction of sp³-hybridized carbons (Fsp3) is 0.111. The van der Waals surface area contributed by atoms with Gasteiger partial charge in [0.15, 0.2) is 17.2 Å². The molecule has 128 valence electrons. The van der Waals surface area contributed by atoms with Gasteiger partial charge in [-0.15, -0.1) is 0 Å². The highest BCUT2D eigenvalue weighted by Crippen LogP contribution is 2.30. The SMILES string of the molecule is COc1ccc(C2=N/C(=C\c3ccc(Cl)c(Cl)c3)C(=O)O2)cc1OC. The Kier molecular flexibility index (Phi) is 4.97. The first-order valence-corrected chi connectivity index (χ1v) is 7.97. The standard InChI is InChI=1S/C18H13Cl2NO4/c1-23-15-6-4-11(9-16(15)24-2)17-21-14(18(22)25-17)8-10-3-5-12(19)13(20)7-10/h3-9H,1-2H3/b14-8-. The Bertz CT molecular complexity index is 906. The smallest absolute Gasteiger partial charge is 0.363 e. The molecule has 0 aliphatic carbocycles. The number of methoxy groups -OCH3 is 2. The van der Waals surface area contributed by atoms with E-state index in [0.717, 1.165) is 0 Å². The predicted molar refractivity (Wildman–Crippen MR) is 96.6 cm³/mol. The van der Waals surface area contributed by atoms with Gasteiger partial charge in [-0.25, -0.2) is 9.79 Å². The number of esters is 1. The van der Waals surface area contributed by atoms with Crippen molar-refractivity contribution < 1.29 is 19.0 Å². The van der Waals surface area contributed by atoms with Crippen molar-refractivity contribution in [2.45, 2.75) is 0 Å². The summed E-state index contributed by atoms with van der Waals surface area (Å²) in [5, 5.41) is 0.832. The molecule has 1 aliphatic rings. The molecule has 0 atom stereocenters. The minimum Gasteiger partial charge on any atom is -0.493 e. The van der Waals surface area contributed by atoms with Gasteiger partial charge in [-0.05, 0) is 42.0 Å². The zero-order chi connectivity index (χ0) is 18.0. The van der Waals surface area contributed by atoms with Crippen LogP contribution in [-0.2, 0) is 9.53 Å². The lowest BCUT2D eigenvalue weighted by molar-refractivity contribution is -0.129. The molecule has 0 unspecified atom stereocenters. The van der Waals surface area contributed by atoms with Crippen molar-refractivity contribution in [3.8, 4) is 11.5 Å². The highest BCUT2D eigenvalue weighted by molar-refractivity contribution is 6.42. The molecule has 5 nitrogen and oxygen atoms in total. The lowest BCUT2D eigenvalue weighted by atomic mass is 10.2. The van der Waals surface area contributed by atoms with Crippen LogP contribution in [0.25, 0.3) is 6.08 Å². The zero-order valence-corrected chi connectivity index (χ0v) is 14.9. The molecule has 0 fully saturated rings. The molecule has 0 N–H and O–H groups in total. The molecule has 0 amide bonds. The van der Waals surface area contributed by atoms with Crippen LogP contribution >= 0.6 is 23.2 Å². The summed E-state index contributed by atoms with van der Waals surface area (Å²) >= 11 is 11.9. The highest BCUT2D eigenvalue weighted by atomic mass is 35.5. The van der Waals surface area contributed by atoms with Crippen LogP contribution in [0.4, 0.5) is 0 Å². The van der Waals surface area contributed by atoms with Gasteiger partial charge in [0.25, 0.3) is 0 Å². The summed E-state index contributed by atoms with van der Waals surface area (Å²) in [5.41, 5.74) is 1.46. The molecule has 0 saturated heterocycles. The topological polar surface area (TPSA) is 57.1 Å². The normalized spacial score (nSPS) is 15.1. The molecular formula is C18H13Cl2NO4. The second-order valence-corrected chi connectivity index (χ2v) is 5.89. The van der Waals surface area contributed by atoms with Gasteiger partial charge in [0.05, 0.1) is 24.3 Å². The van der Waals surface area contributed by atoms with Gasteiger partial charge in [-0.1, -0.05) is 29.3 Å². The largest absolute Gasteiger partial charge is 0.493 e. The summed E-state index contributed by atoms with van der Waals surface area (Å²) in [5.74, 6) is 0.733. The molecule has 2 aromatic rings. The summed E-state index contributed by atoms with van der Waals surface area (Å²) in [4.78, 5) is 16.3. The third kappa shape index (κ3) is 3.62. The van der Waals surface area contributed by atoms with Crippen molar-refractivity contribution in [2.24, 2.45) is 4.99 Å². The lowest BCUT2D eigenvalue weighted by Crippen LogP contribution is -2.05. The Morgan fingerprint density at radius 3 is 2.44 bits per heavy atom. The van der Waals surface area contributed by atoms with Gasteiger partial charge < -0.3 is 14.2 Å². The van der Waals surface area contributed by atoms with E-state index in [1.807, 2.05) is 0 Å². The van der Waals surface area contributed by atoms with E-state index in [-0.39, 0.29) is 11.6 Å². The second kappa shape index (κ2) is 7.17. The van der Waals surface area contributed by atoms with Crippen molar-refractivity contribution in [1.29, 1.82) is 0 Å². The van der Waals surface area contributed by atoms with Gasteiger partial charge in [-0.3, -0.25) is 0 Å². The monoisotopic (exact) mass is 377 g/mol. The maximum atomic E-state index is 12.1. The number of hydrogen-bond acceptors (Lipinski definition) is 5. The van der Waals surface area contributed by atoms with Gasteiger partial charge in [-0.2, -0.15) is 0 Å². The van der Waals surface area contributed by atoms with Crippen molar-refractivity contribution in [1.82, 2.24) is 0 Å². The number of benzene rings is 2. The van der Waals surface area contributed by atoms with E-state index in [4.69, 9.17) is 37.4 Å². The summed E-state index contributed by atoms with van der Waals surface area (Å²) < 4.78 is 15.7. The molecule has 7 heteroatoms. The molecule has 0 spiro atoms. The molecule has 0 aromatic heterocycles. The summed E-state index contributed by atoms with van der Waals surface area (Å²) in [6, 6.07) is 10.2.